The maximum Gasteiger partial charge on any atom is 0.337 e. The Hall–Kier alpha value is -2.81. The molecule has 0 spiro atoms. The minimum Gasteiger partial charge on any atom is -0.486 e. The van der Waals surface area contributed by atoms with Crippen LogP contribution in [-0.2, 0) is 10.0 Å². The number of aromatic carboxylic acids is 1. The van der Waals surface area contributed by atoms with Crippen molar-refractivity contribution < 1.29 is 32.2 Å². The normalized spacial score (nSPS) is 13.4. The summed E-state index contributed by atoms with van der Waals surface area (Å²) in [6.45, 7) is 2.08. The van der Waals surface area contributed by atoms with Crippen LogP contribution in [0, 0.1) is 12.7 Å². The van der Waals surface area contributed by atoms with Crippen molar-refractivity contribution in [3.63, 3.8) is 0 Å². The molecule has 1 aliphatic heterocycles. The van der Waals surface area contributed by atoms with Crippen LogP contribution in [0.3, 0.4) is 0 Å². The number of rotatable bonds is 4. The maximum atomic E-state index is 13.4. The number of fused-ring (bicyclic) bond motifs is 1. The molecule has 0 unspecified atom stereocenters. The van der Waals surface area contributed by atoms with Gasteiger partial charge in [-0.3, -0.25) is 4.72 Å². The SMILES string of the molecule is Cc1cc(F)cc(C(=O)O)c1NS(=O)(=O)c1ccc2c(c1)OCCO2. The number of carboxylic acid groups (broad SMARTS) is 1. The summed E-state index contributed by atoms with van der Waals surface area (Å²) < 4.78 is 51.5. The third-order valence-corrected chi connectivity index (χ3v) is 4.94. The fourth-order valence-corrected chi connectivity index (χ4v) is 3.60. The van der Waals surface area contributed by atoms with Crippen LogP contribution in [0.15, 0.2) is 35.2 Å². The van der Waals surface area contributed by atoms with E-state index in [0.717, 1.165) is 12.1 Å². The smallest absolute Gasteiger partial charge is 0.337 e. The zero-order valence-corrected chi connectivity index (χ0v) is 13.9. The van der Waals surface area contributed by atoms with Gasteiger partial charge in [-0.2, -0.15) is 0 Å². The minimum absolute atomic E-state index is 0.128. The summed E-state index contributed by atoms with van der Waals surface area (Å²) >= 11 is 0. The van der Waals surface area contributed by atoms with E-state index < -0.39 is 27.4 Å². The lowest BCUT2D eigenvalue weighted by molar-refractivity contribution is 0.0697. The van der Waals surface area contributed by atoms with E-state index in [1.165, 1.54) is 25.1 Å². The van der Waals surface area contributed by atoms with Gasteiger partial charge in [-0.1, -0.05) is 0 Å². The van der Waals surface area contributed by atoms with Crippen molar-refractivity contribution in [2.45, 2.75) is 11.8 Å². The summed E-state index contributed by atoms with van der Waals surface area (Å²) in [5.74, 6) is -1.50. The average Bonchev–Trinajstić information content (AvgIpc) is 2.56. The number of hydrogen-bond donors (Lipinski definition) is 2. The fourth-order valence-electron chi connectivity index (χ4n) is 2.43. The lowest BCUT2D eigenvalue weighted by Crippen LogP contribution is -2.19. The molecule has 0 fully saturated rings. The Kier molecular flexibility index (Phi) is 4.25. The number of carbonyl (C=O) groups is 1. The van der Waals surface area contributed by atoms with E-state index in [2.05, 4.69) is 4.72 Å². The number of carboxylic acids is 1. The number of nitrogens with one attached hydrogen (secondary N) is 1. The topological polar surface area (TPSA) is 102 Å². The molecule has 0 aliphatic carbocycles. The molecular weight excluding hydrogens is 353 g/mol. The van der Waals surface area contributed by atoms with Crippen LogP contribution >= 0.6 is 0 Å². The third-order valence-electron chi connectivity index (χ3n) is 3.59. The second-order valence-corrected chi connectivity index (χ2v) is 7.04. The summed E-state index contributed by atoms with van der Waals surface area (Å²) in [7, 11) is -4.11. The molecule has 0 radical (unpaired) electrons. The highest BCUT2D eigenvalue weighted by Crippen LogP contribution is 2.33. The molecule has 0 aromatic heterocycles. The van der Waals surface area contributed by atoms with E-state index in [1.807, 2.05) is 0 Å². The van der Waals surface area contributed by atoms with Gasteiger partial charge in [0.15, 0.2) is 11.5 Å². The second-order valence-electron chi connectivity index (χ2n) is 5.36. The first-order valence-corrected chi connectivity index (χ1v) is 8.72. The maximum absolute atomic E-state index is 13.4. The number of halogens is 1. The molecule has 9 heteroatoms. The highest BCUT2D eigenvalue weighted by atomic mass is 32.2. The van der Waals surface area contributed by atoms with E-state index in [-0.39, 0.29) is 21.9 Å². The largest absolute Gasteiger partial charge is 0.486 e. The van der Waals surface area contributed by atoms with Crippen LogP contribution in [0.4, 0.5) is 10.1 Å². The molecule has 2 aromatic carbocycles. The second kappa shape index (κ2) is 6.25. The van der Waals surface area contributed by atoms with E-state index in [0.29, 0.717) is 19.0 Å². The molecule has 1 heterocycles. The van der Waals surface area contributed by atoms with Crippen molar-refractivity contribution in [2.24, 2.45) is 0 Å². The quantitative estimate of drug-likeness (QED) is 0.860. The molecule has 0 saturated heterocycles. The molecule has 7 nitrogen and oxygen atoms in total. The van der Waals surface area contributed by atoms with Crippen LogP contribution < -0.4 is 14.2 Å². The van der Waals surface area contributed by atoms with Crippen molar-refractivity contribution in [3.8, 4) is 11.5 Å². The van der Waals surface area contributed by atoms with Crippen LogP contribution in [0.25, 0.3) is 0 Å². The summed E-state index contributed by atoms with van der Waals surface area (Å²) in [6, 6.07) is 5.87. The van der Waals surface area contributed by atoms with Crippen molar-refractivity contribution in [1.82, 2.24) is 0 Å². The first-order valence-electron chi connectivity index (χ1n) is 7.24. The van der Waals surface area contributed by atoms with Crippen molar-refractivity contribution in [1.29, 1.82) is 0 Å². The van der Waals surface area contributed by atoms with E-state index in [4.69, 9.17) is 9.47 Å². The standard InChI is InChI=1S/C16H14FNO6S/c1-9-6-10(17)7-12(16(19)20)15(9)18-25(21,22)11-2-3-13-14(8-11)24-5-4-23-13/h2-3,6-8,18H,4-5H2,1H3,(H,19,20). The lowest BCUT2D eigenvalue weighted by atomic mass is 10.1. The van der Waals surface area contributed by atoms with Crippen LogP contribution in [0.5, 0.6) is 11.5 Å². The molecule has 132 valence electrons. The Labute approximate surface area is 143 Å². The predicted octanol–water partition coefficient (Wildman–Crippen LogP) is 2.40. The molecule has 1 aliphatic rings. The van der Waals surface area contributed by atoms with Crippen molar-refractivity contribution in [2.75, 3.05) is 17.9 Å². The van der Waals surface area contributed by atoms with Gasteiger partial charge in [-0.15, -0.1) is 0 Å². The molecule has 0 saturated carbocycles. The Morgan fingerprint density at radius 3 is 2.52 bits per heavy atom. The summed E-state index contributed by atoms with van der Waals surface area (Å²) in [5, 5.41) is 9.20. The van der Waals surface area contributed by atoms with Crippen LogP contribution in [-0.4, -0.2) is 32.7 Å². The van der Waals surface area contributed by atoms with Gasteiger partial charge in [0.25, 0.3) is 10.0 Å². The molecule has 25 heavy (non-hydrogen) atoms. The van der Waals surface area contributed by atoms with Gasteiger partial charge in [-0.25, -0.2) is 17.6 Å². The van der Waals surface area contributed by atoms with Gasteiger partial charge in [0, 0.05) is 6.07 Å². The first-order chi connectivity index (χ1) is 11.8. The summed E-state index contributed by atoms with van der Waals surface area (Å²) in [6.07, 6.45) is 0. The molecule has 3 rings (SSSR count). The number of ether oxygens (including phenoxy) is 2. The van der Waals surface area contributed by atoms with E-state index in [1.54, 1.807) is 0 Å². The number of aryl methyl sites for hydroxylation is 1. The van der Waals surface area contributed by atoms with Crippen molar-refractivity contribution in [3.05, 3.63) is 47.3 Å². The molecule has 0 amide bonds. The zero-order chi connectivity index (χ0) is 18.2. The summed E-state index contributed by atoms with van der Waals surface area (Å²) in [5.41, 5.74) is -0.513. The lowest BCUT2D eigenvalue weighted by Gasteiger charge is -2.19. The number of benzene rings is 2. The summed E-state index contributed by atoms with van der Waals surface area (Å²) in [4.78, 5) is 11.2. The molecule has 2 aromatic rings. The van der Waals surface area contributed by atoms with Crippen LogP contribution in [0.2, 0.25) is 0 Å². The zero-order valence-electron chi connectivity index (χ0n) is 13.1. The van der Waals surface area contributed by atoms with Gasteiger partial charge < -0.3 is 14.6 Å². The molecular formula is C16H14FNO6S. The van der Waals surface area contributed by atoms with Crippen LogP contribution in [0.1, 0.15) is 15.9 Å². The highest BCUT2D eigenvalue weighted by Gasteiger charge is 2.23. The Morgan fingerprint density at radius 2 is 1.84 bits per heavy atom. The van der Waals surface area contributed by atoms with E-state index >= 15 is 0 Å². The van der Waals surface area contributed by atoms with Gasteiger partial charge in [-0.05, 0) is 36.8 Å². The van der Waals surface area contributed by atoms with Gasteiger partial charge in [0.05, 0.1) is 16.1 Å². The Morgan fingerprint density at radius 1 is 1.16 bits per heavy atom. The third kappa shape index (κ3) is 3.36. The average molecular weight is 367 g/mol. The first kappa shape index (κ1) is 17.0. The van der Waals surface area contributed by atoms with Gasteiger partial charge in [0.2, 0.25) is 0 Å². The molecule has 2 N–H and O–H groups in total. The number of anilines is 1. The predicted molar refractivity (Wildman–Crippen MR) is 86.3 cm³/mol. The highest BCUT2D eigenvalue weighted by molar-refractivity contribution is 7.92. The monoisotopic (exact) mass is 367 g/mol. The number of hydrogen-bond acceptors (Lipinski definition) is 5. The number of sulfonamides is 1. The Bertz CT molecular complexity index is 957. The van der Waals surface area contributed by atoms with Crippen molar-refractivity contribution >= 4 is 21.7 Å². The van der Waals surface area contributed by atoms with E-state index in [9.17, 15) is 22.7 Å². The molecule has 0 atom stereocenters. The van der Waals surface area contributed by atoms with Gasteiger partial charge in [0.1, 0.15) is 19.0 Å². The Balaban J connectivity index is 2.02. The minimum atomic E-state index is -4.11. The van der Waals surface area contributed by atoms with Gasteiger partial charge >= 0.3 is 5.97 Å². The fraction of sp³-hybridized carbons (Fsp3) is 0.188. The molecule has 0 bridgehead atoms.